The summed E-state index contributed by atoms with van der Waals surface area (Å²) in [5.41, 5.74) is 7.33. The van der Waals surface area contributed by atoms with E-state index in [9.17, 15) is 9.59 Å². The summed E-state index contributed by atoms with van der Waals surface area (Å²) in [5, 5.41) is 0. The molecule has 5 heteroatoms. The van der Waals surface area contributed by atoms with Gasteiger partial charge in [0.05, 0.1) is 5.69 Å². The molecule has 1 aromatic carbocycles. The van der Waals surface area contributed by atoms with Crippen molar-refractivity contribution in [2.45, 2.75) is 47.0 Å². The third-order valence-electron chi connectivity index (χ3n) is 5.57. The minimum atomic E-state index is 0.0743. The van der Waals surface area contributed by atoms with Crippen LogP contribution < -0.4 is 4.90 Å². The molecule has 31 heavy (non-hydrogen) atoms. The van der Waals surface area contributed by atoms with Gasteiger partial charge in [0, 0.05) is 54.3 Å². The molecule has 0 aliphatic heterocycles. The molecule has 0 atom stereocenters. The third kappa shape index (κ3) is 5.23. The molecule has 0 saturated carbocycles. The summed E-state index contributed by atoms with van der Waals surface area (Å²) >= 11 is 0. The molecule has 0 bridgehead atoms. The number of anilines is 1. The van der Waals surface area contributed by atoms with Gasteiger partial charge in [-0.3, -0.25) is 19.6 Å². The van der Waals surface area contributed by atoms with Crippen LogP contribution in [0.1, 0.15) is 52.6 Å². The van der Waals surface area contributed by atoms with Crippen molar-refractivity contribution < 1.29 is 9.59 Å². The minimum absolute atomic E-state index is 0.0743. The summed E-state index contributed by atoms with van der Waals surface area (Å²) in [7, 11) is 1.79. The highest BCUT2D eigenvalue weighted by Gasteiger charge is 2.13. The number of carbonyl (C=O) groups is 2. The van der Waals surface area contributed by atoms with Crippen molar-refractivity contribution in [1.29, 1.82) is 0 Å². The van der Waals surface area contributed by atoms with Crippen LogP contribution in [0.15, 0.2) is 48.7 Å². The van der Waals surface area contributed by atoms with Crippen molar-refractivity contribution in [2.24, 2.45) is 0 Å². The molecule has 0 radical (unpaired) electrons. The average molecular weight is 416 g/mol. The Balaban J connectivity index is 1.70. The van der Waals surface area contributed by atoms with Crippen LogP contribution in [0.25, 0.3) is 11.3 Å². The quantitative estimate of drug-likeness (QED) is 0.494. The lowest BCUT2D eigenvalue weighted by Crippen LogP contribution is -2.25. The van der Waals surface area contributed by atoms with Gasteiger partial charge in [-0.05, 0) is 68.7 Å². The van der Waals surface area contributed by atoms with Gasteiger partial charge in [-0.15, -0.1) is 0 Å². The number of pyridine rings is 2. The Morgan fingerprint density at radius 2 is 1.77 bits per heavy atom. The smallest absolute Gasteiger partial charge is 0.226 e. The van der Waals surface area contributed by atoms with Crippen LogP contribution in [0, 0.1) is 20.8 Å². The van der Waals surface area contributed by atoms with Crippen LogP contribution in [0.4, 0.5) is 5.69 Å². The van der Waals surface area contributed by atoms with E-state index in [-0.39, 0.29) is 11.7 Å². The average Bonchev–Trinajstić information content (AvgIpc) is 2.77. The lowest BCUT2D eigenvalue weighted by atomic mass is 10.0. The van der Waals surface area contributed by atoms with E-state index >= 15 is 0 Å². The highest BCUT2D eigenvalue weighted by molar-refractivity contribution is 5.96. The predicted molar refractivity (Wildman–Crippen MR) is 124 cm³/mol. The topological polar surface area (TPSA) is 63.2 Å². The van der Waals surface area contributed by atoms with Crippen LogP contribution in [0.5, 0.6) is 0 Å². The molecule has 2 aromatic heterocycles. The van der Waals surface area contributed by atoms with Gasteiger partial charge in [-0.2, -0.15) is 0 Å². The van der Waals surface area contributed by atoms with E-state index in [4.69, 9.17) is 0 Å². The number of ketones is 1. The molecule has 0 N–H and O–H groups in total. The Labute approximate surface area is 184 Å². The molecule has 0 aliphatic carbocycles. The number of aromatic nitrogens is 2. The van der Waals surface area contributed by atoms with Gasteiger partial charge in [-0.1, -0.05) is 19.1 Å². The Bertz CT molecular complexity index is 1100. The van der Waals surface area contributed by atoms with Crippen molar-refractivity contribution in [3.8, 4) is 11.3 Å². The number of Topliss-reactive ketones (excluding diaryl/α,β-unsaturated/α-hetero) is 1. The molecule has 3 aromatic rings. The van der Waals surface area contributed by atoms with Gasteiger partial charge in [-0.25, -0.2) is 0 Å². The van der Waals surface area contributed by atoms with Gasteiger partial charge < -0.3 is 4.90 Å². The Morgan fingerprint density at radius 3 is 2.39 bits per heavy atom. The molecule has 1 amide bonds. The van der Waals surface area contributed by atoms with Crippen molar-refractivity contribution in [1.82, 2.24) is 9.97 Å². The highest BCUT2D eigenvalue weighted by Crippen LogP contribution is 2.26. The first-order chi connectivity index (χ1) is 14.8. The second-order valence-electron chi connectivity index (χ2n) is 7.86. The van der Waals surface area contributed by atoms with Crippen molar-refractivity contribution >= 4 is 17.4 Å². The fraction of sp³-hybridized carbons (Fsp3) is 0.308. The van der Waals surface area contributed by atoms with E-state index in [1.165, 1.54) is 0 Å². The number of amides is 1. The normalized spacial score (nSPS) is 10.7. The van der Waals surface area contributed by atoms with E-state index in [2.05, 4.69) is 9.97 Å². The van der Waals surface area contributed by atoms with Crippen molar-refractivity contribution in [3.05, 3.63) is 76.7 Å². The standard InChI is InChI=1S/C26H29N3O2/c1-6-26(31)29(5)24-13-10-21(15-17(24)2)23-12-9-22(16-27-23)25(30)14-11-20-8-7-18(3)28-19(20)4/h7-10,12-13,15-16H,6,11,14H2,1-5H3. The molecular weight excluding hydrogens is 386 g/mol. The van der Waals surface area contributed by atoms with Crippen LogP contribution in [-0.4, -0.2) is 28.7 Å². The van der Waals surface area contributed by atoms with E-state index in [1.54, 1.807) is 18.1 Å². The van der Waals surface area contributed by atoms with Gasteiger partial charge >= 0.3 is 0 Å². The molecule has 0 unspecified atom stereocenters. The van der Waals surface area contributed by atoms with Gasteiger partial charge in [0.25, 0.3) is 0 Å². The summed E-state index contributed by atoms with van der Waals surface area (Å²) in [4.78, 5) is 35.2. The summed E-state index contributed by atoms with van der Waals surface area (Å²) in [6, 6.07) is 13.7. The molecule has 3 rings (SSSR count). The van der Waals surface area contributed by atoms with E-state index < -0.39 is 0 Å². The zero-order chi connectivity index (χ0) is 22.5. The number of nitrogens with zero attached hydrogens (tertiary/aromatic N) is 3. The van der Waals surface area contributed by atoms with Gasteiger partial charge in [0.15, 0.2) is 5.78 Å². The van der Waals surface area contributed by atoms with Crippen LogP contribution in [0.2, 0.25) is 0 Å². The molecule has 2 heterocycles. The summed E-state index contributed by atoms with van der Waals surface area (Å²) in [6.07, 6.45) is 3.21. The van der Waals surface area contributed by atoms with E-state index in [0.29, 0.717) is 24.8 Å². The maximum Gasteiger partial charge on any atom is 0.226 e. The molecule has 0 fully saturated rings. The van der Waals surface area contributed by atoms with Crippen LogP contribution >= 0.6 is 0 Å². The zero-order valence-electron chi connectivity index (χ0n) is 18.9. The van der Waals surface area contributed by atoms with Crippen LogP contribution in [0.3, 0.4) is 0 Å². The Kier molecular flexibility index (Phi) is 6.95. The number of hydrogen-bond acceptors (Lipinski definition) is 4. The summed E-state index contributed by atoms with van der Waals surface area (Å²) in [5.74, 6) is 0.152. The number of hydrogen-bond donors (Lipinski definition) is 0. The summed E-state index contributed by atoms with van der Waals surface area (Å²) < 4.78 is 0. The molecular formula is C26H29N3O2. The molecule has 0 saturated heterocycles. The molecule has 5 nitrogen and oxygen atoms in total. The fourth-order valence-corrected chi connectivity index (χ4v) is 3.66. The van der Waals surface area contributed by atoms with Crippen LogP contribution in [-0.2, 0) is 11.2 Å². The minimum Gasteiger partial charge on any atom is -0.315 e. The first-order valence-electron chi connectivity index (χ1n) is 10.6. The maximum atomic E-state index is 12.6. The molecule has 0 spiro atoms. The number of benzene rings is 1. The van der Waals surface area contributed by atoms with Crippen molar-refractivity contribution in [2.75, 3.05) is 11.9 Å². The molecule has 0 aliphatic rings. The van der Waals surface area contributed by atoms with E-state index in [0.717, 1.165) is 39.5 Å². The molecule has 160 valence electrons. The van der Waals surface area contributed by atoms with E-state index in [1.807, 2.05) is 70.2 Å². The van der Waals surface area contributed by atoms with Gasteiger partial charge in [0.2, 0.25) is 5.91 Å². The number of rotatable bonds is 7. The Hall–Kier alpha value is -3.34. The second-order valence-corrected chi connectivity index (χ2v) is 7.86. The highest BCUT2D eigenvalue weighted by atomic mass is 16.2. The SMILES string of the molecule is CCC(=O)N(C)c1ccc(-c2ccc(C(=O)CCc3ccc(C)nc3C)cn2)cc1C. The first kappa shape index (κ1) is 22.3. The predicted octanol–water partition coefficient (Wildman–Crippen LogP) is 5.26. The lowest BCUT2D eigenvalue weighted by Gasteiger charge is -2.19. The van der Waals surface area contributed by atoms with Crippen molar-refractivity contribution in [3.63, 3.8) is 0 Å². The third-order valence-corrected chi connectivity index (χ3v) is 5.57. The number of carbonyl (C=O) groups excluding carboxylic acids is 2. The second kappa shape index (κ2) is 9.65. The van der Waals surface area contributed by atoms with Gasteiger partial charge in [0.1, 0.15) is 0 Å². The summed E-state index contributed by atoms with van der Waals surface area (Å²) in [6.45, 7) is 7.78. The Morgan fingerprint density at radius 1 is 1.00 bits per heavy atom. The largest absolute Gasteiger partial charge is 0.315 e. The fourth-order valence-electron chi connectivity index (χ4n) is 3.66. The zero-order valence-corrected chi connectivity index (χ0v) is 18.9. The monoisotopic (exact) mass is 415 g/mol. The first-order valence-corrected chi connectivity index (χ1v) is 10.6. The number of aryl methyl sites for hydroxylation is 4. The maximum absolute atomic E-state index is 12.6. The lowest BCUT2D eigenvalue weighted by molar-refractivity contribution is -0.118.